The van der Waals surface area contributed by atoms with Gasteiger partial charge in [0.2, 0.25) is 0 Å². The van der Waals surface area contributed by atoms with Crippen molar-refractivity contribution in [2.45, 2.75) is 75.3 Å². The molecule has 8 rings (SSSR count). The molecule has 1 amide bonds. The average molecular weight is 729 g/mol. The van der Waals surface area contributed by atoms with Gasteiger partial charge in [0, 0.05) is 39.4 Å². The number of benzene rings is 2. The van der Waals surface area contributed by atoms with E-state index < -0.39 is 22.1 Å². The standard InChI is InChI=1S/C18H21N3OSSi.C12H8N2O2S.C6H15NSi/c1-24(2)9-8-13(11-24)19-17(22)14-10-15-16(20-14)21-18(23-15)12-6-4-3-5-7-12;15-12(16)8-6-9-10(13-8)14-11(17-9)7-4-2-1-3-5-7;1-8(2)4-3-6(7)5-8/h3-7,10,13,20H,8-9,11H2,1-2H3,(H,19,22);1-6,13H,(H,15,16);6H,3-5,7H2,1-2H3. The predicted molar refractivity (Wildman–Crippen MR) is 208 cm³/mol. The summed E-state index contributed by atoms with van der Waals surface area (Å²) in [6, 6.07) is 29.7. The summed E-state index contributed by atoms with van der Waals surface area (Å²) in [5.41, 5.74) is 10.1. The molecule has 2 aromatic carbocycles. The number of aromatic nitrogens is 4. The highest BCUT2D eigenvalue weighted by atomic mass is 32.1. The van der Waals surface area contributed by atoms with Crippen LogP contribution in [0.5, 0.6) is 0 Å². The number of nitrogens with zero attached hydrogens (tertiary/aromatic N) is 2. The van der Waals surface area contributed by atoms with Gasteiger partial charge in [-0.05, 0) is 37.1 Å². The molecule has 9 nitrogen and oxygen atoms in total. The number of carbonyl (C=O) groups excluding carboxylic acids is 1. The van der Waals surface area contributed by atoms with Crippen LogP contribution in [-0.4, -0.2) is 65.2 Å². The minimum Gasteiger partial charge on any atom is -0.477 e. The Kier molecular flexibility index (Phi) is 10.4. The van der Waals surface area contributed by atoms with Crippen molar-refractivity contribution in [3.8, 4) is 21.1 Å². The summed E-state index contributed by atoms with van der Waals surface area (Å²) in [6.45, 7) is 9.66. The van der Waals surface area contributed by atoms with Crippen molar-refractivity contribution in [1.82, 2.24) is 25.3 Å². The predicted octanol–water partition coefficient (Wildman–Crippen LogP) is 8.92. The Morgan fingerprint density at radius 3 is 1.67 bits per heavy atom. The van der Waals surface area contributed by atoms with Gasteiger partial charge in [-0.2, -0.15) is 0 Å². The molecule has 2 aliphatic heterocycles. The second kappa shape index (κ2) is 14.5. The normalized spacial score (nSPS) is 19.2. The third-order valence-corrected chi connectivity index (χ3v) is 17.8. The molecule has 13 heteroatoms. The number of nitrogens with two attached hydrogens (primary N) is 1. The molecule has 0 bridgehead atoms. The number of amides is 1. The number of hydrogen-bond acceptors (Lipinski definition) is 7. The van der Waals surface area contributed by atoms with Crippen LogP contribution in [0.3, 0.4) is 0 Å². The Hall–Kier alpha value is -3.89. The first kappa shape index (κ1) is 35.0. The monoisotopic (exact) mass is 728 g/mol. The fraction of sp³-hybridized carbons (Fsp3) is 0.333. The van der Waals surface area contributed by atoms with Crippen LogP contribution in [0.4, 0.5) is 0 Å². The highest BCUT2D eigenvalue weighted by molar-refractivity contribution is 7.22. The summed E-state index contributed by atoms with van der Waals surface area (Å²) >= 11 is 3.10. The van der Waals surface area contributed by atoms with E-state index in [1.54, 1.807) is 17.4 Å². The summed E-state index contributed by atoms with van der Waals surface area (Å²) in [6.07, 6.45) is 2.41. The quantitative estimate of drug-likeness (QED) is 0.112. The van der Waals surface area contributed by atoms with Crippen LogP contribution in [0.25, 0.3) is 41.8 Å². The minimum atomic E-state index is -1.07. The zero-order chi connectivity index (χ0) is 34.8. The number of aromatic carboxylic acids is 1. The zero-order valence-electron chi connectivity index (χ0n) is 28.4. The number of rotatable bonds is 5. The van der Waals surface area contributed by atoms with E-state index in [0.29, 0.717) is 23.4 Å². The summed E-state index contributed by atoms with van der Waals surface area (Å²) in [7, 11) is -1.80. The number of nitrogens with one attached hydrogen (secondary N) is 3. The maximum Gasteiger partial charge on any atom is 0.352 e. The van der Waals surface area contributed by atoms with E-state index in [-0.39, 0.29) is 11.6 Å². The van der Waals surface area contributed by atoms with E-state index in [9.17, 15) is 9.59 Å². The molecule has 2 aliphatic rings. The molecule has 0 saturated carbocycles. The number of hydrogen-bond donors (Lipinski definition) is 5. The van der Waals surface area contributed by atoms with E-state index in [2.05, 4.69) is 63.6 Å². The molecule has 0 spiro atoms. The summed E-state index contributed by atoms with van der Waals surface area (Å²) in [5.74, 6) is -0.963. The topological polar surface area (TPSA) is 150 Å². The smallest absolute Gasteiger partial charge is 0.352 e. The number of carbonyl (C=O) groups is 2. The number of carboxylic acid groups (broad SMARTS) is 1. The van der Waals surface area contributed by atoms with Gasteiger partial charge in [-0.25, -0.2) is 14.8 Å². The molecular formula is C36H44N6O3S2Si2. The maximum atomic E-state index is 12.5. The Morgan fingerprint density at radius 1 is 0.776 bits per heavy atom. The van der Waals surface area contributed by atoms with E-state index in [1.165, 1.54) is 41.9 Å². The van der Waals surface area contributed by atoms with Gasteiger partial charge in [0.1, 0.15) is 32.7 Å². The molecule has 2 atom stereocenters. The summed E-state index contributed by atoms with van der Waals surface area (Å²) < 4.78 is 1.89. The Balaban J connectivity index is 0.000000144. The van der Waals surface area contributed by atoms with Crippen molar-refractivity contribution in [2.75, 3.05) is 0 Å². The molecule has 0 aliphatic carbocycles. The number of carboxylic acids is 1. The molecule has 256 valence electrons. The Morgan fingerprint density at radius 2 is 1.27 bits per heavy atom. The van der Waals surface area contributed by atoms with Crippen molar-refractivity contribution in [2.24, 2.45) is 5.73 Å². The van der Waals surface area contributed by atoms with Crippen molar-refractivity contribution >= 4 is 71.4 Å². The molecular weight excluding hydrogens is 685 g/mol. The molecule has 4 aromatic heterocycles. The molecule has 6 heterocycles. The van der Waals surface area contributed by atoms with Crippen molar-refractivity contribution in [3.05, 3.63) is 84.2 Å². The first-order valence-corrected chi connectivity index (χ1v) is 25.2. The summed E-state index contributed by atoms with van der Waals surface area (Å²) in [5, 5.41) is 13.9. The third-order valence-electron chi connectivity index (χ3n) is 9.19. The van der Waals surface area contributed by atoms with E-state index >= 15 is 0 Å². The van der Waals surface area contributed by atoms with Gasteiger partial charge < -0.3 is 26.1 Å². The lowest BCUT2D eigenvalue weighted by Crippen LogP contribution is -2.34. The number of aromatic amines is 2. The molecule has 2 fully saturated rings. The first-order chi connectivity index (χ1) is 23.3. The number of thiazole rings is 2. The lowest BCUT2D eigenvalue weighted by atomic mass is 10.2. The van der Waals surface area contributed by atoms with Crippen molar-refractivity contribution in [1.29, 1.82) is 0 Å². The van der Waals surface area contributed by atoms with Gasteiger partial charge in [0.25, 0.3) is 5.91 Å². The fourth-order valence-corrected chi connectivity index (χ4v) is 14.5. The largest absolute Gasteiger partial charge is 0.477 e. The molecule has 6 aromatic rings. The van der Waals surface area contributed by atoms with E-state index in [0.717, 1.165) is 42.6 Å². The van der Waals surface area contributed by atoms with E-state index in [4.69, 9.17) is 10.8 Å². The van der Waals surface area contributed by atoms with Gasteiger partial charge in [-0.15, -0.1) is 22.7 Å². The number of H-pyrrole nitrogens is 2. The SMILES string of the molecule is C[Si]1(C)CCC(N)C1.C[Si]1(C)CCC(NC(=O)c2cc3sc(-c4ccccc4)nc3[nH]2)C1.O=C(O)c1cc2sc(-c3ccccc3)nc2[nH]1. The van der Waals surface area contributed by atoms with Gasteiger partial charge in [-0.1, -0.05) is 98.9 Å². The highest BCUT2D eigenvalue weighted by Crippen LogP contribution is 2.33. The van der Waals surface area contributed by atoms with Crippen LogP contribution < -0.4 is 11.1 Å². The lowest BCUT2D eigenvalue weighted by Gasteiger charge is -2.15. The van der Waals surface area contributed by atoms with Gasteiger partial charge >= 0.3 is 5.97 Å². The van der Waals surface area contributed by atoms with Gasteiger partial charge in [0.15, 0.2) is 0 Å². The zero-order valence-corrected chi connectivity index (χ0v) is 32.0. The number of fused-ring (bicyclic) bond motifs is 2. The summed E-state index contributed by atoms with van der Waals surface area (Å²) in [4.78, 5) is 38.2. The Bertz CT molecular complexity index is 1990. The second-order valence-electron chi connectivity index (χ2n) is 14.6. The van der Waals surface area contributed by atoms with Crippen LogP contribution in [0.2, 0.25) is 50.4 Å². The molecule has 6 N–H and O–H groups in total. The second-order valence-corrected chi connectivity index (χ2v) is 27.1. The third kappa shape index (κ3) is 8.83. The molecule has 49 heavy (non-hydrogen) atoms. The van der Waals surface area contributed by atoms with Gasteiger partial charge in [-0.3, -0.25) is 4.79 Å². The Labute approximate surface area is 296 Å². The van der Waals surface area contributed by atoms with E-state index in [1.807, 2.05) is 54.6 Å². The van der Waals surface area contributed by atoms with Crippen LogP contribution in [0.1, 0.15) is 33.8 Å². The maximum absolute atomic E-state index is 12.5. The van der Waals surface area contributed by atoms with Crippen LogP contribution in [0, 0.1) is 0 Å². The average Bonchev–Trinajstić information content (AvgIpc) is 3.90. The van der Waals surface area contributed by atoms with Crippen molar-refractivity contribution in [3.63, 3.8) is 0 Å². The molecule has 0 radical (unpaired) electrons. The minimum absolute atomic E-state index is 0.00170. The van der Waals surface area contributed by atoms with Crippen molar-refractivity contribution < 1.29 is 14.7 Å². The van der Waals surface area contributed by atoms with Crippen LogP contribution >= 0.6 is 22.7 Å². The van der Waals surface area contributed by atoms with Crippen LogP contribution in [-0.2, 0) is 0 Å². The van der Waals surface area contributed by atoms with Crippen LogP contribution in [0.15, 0.2) is 72.8 Å². The molecule has 2 saturated heterocycles. The lowest BCUT2D eigenvalue weighted by molar-refractivity contribution is 0.0691. The first-order valence-electron chi connectivity index (χ1n) is 16.7. The molecule has 2 unspecified atom stereocenters. The highest BCUT2D eigenvalue weighted by Gasteiger charge is 2.34. The van der Waals surface area contributed by atoms with Gasteiger partial charge in [0.05, 0.1) is 9.40 Å². The fourth-order valence-electron chi connectivity index (χ4n) is 6.59.